The Bertz CT molecular complexity index is 1520. The quantitative estimate of drug-likeness (QED) is 0.464. The molecule has 5 rings (SSSR count). The van der Waals surface area contributed by atoms with Gasteiger partial charge in [-0.2, -0.15) is 13.2 Å². The van der Waals surface area contributed by atoms with Gasteiger partial charge in [0, 0.05) is 43.6 Å². The van der Waals surface area contributed by atoms with E-state index < -0.39 is 23.2 Å². The Labute approximate surface area is 230 Å². The summed E-state index contributed by atoms with van der Waals surface area (Å²) in [5.74, 6) is 4.96. The van der Waals surface area contributed by atoms with Crippen LogP contribution >= 0.6 is 0 Å². The first kappa shape index (κ1) is 27.7. The number of hydrogen-bond donors (Lipinski definition) is 1. The Morgan fingerprint density at radius 1 is 1.07 bits per heavy atom. The summed E-state index contributed by atoms with van der Waals surface area (Å²) in [6.07, 6.45) is -3.89. The van der Waals surface area contributed by atoms with Gasteiger partial charge in [0.1, 0.15) is 5.54 Å². The van der Waals surface area contributed by atoms with Gasteiger partial charge in [0.25, 0.3) is 5.91 Å². The van der Waals surface area contributed by atoms with Crippen molar-refractivity contribution in [2.45, 2.75) is 37.9 Å². The number of ether oxygens (including phenoxy) is 1. The van der Waals surface area contributed by atoms with Gasteiger partial charge < -0.3 is 20.3 Å². The number of nitrogens with two attached hydrogens (primary N) is 1. The molecule has 3 aromatic rings. The van der Waals surface area contributed by atoms with Crippen LogP contribution in [0.15, 0.2) is 54.6 Å². The van der Waals surface area contributed by atoms with Crippen molar-refractivity contribution in [2.24, 2.45) is 5.73 Å². The van der Waals surface area contributed by atoms with E-state index in [1.807, 2.05) is 31.2 Å². The highest BCUT2D eigenvalue weighted by Crippen LogP contribution is 2.49. The molecular formula is C31H30F3N3O3. The topological polar surface area (TPSA) is 75.9 Å². The molecule has 9 heteroatoms. The molecule has 2 aliphatic heterocycles. The summed E-state index contributed by atoms with van der Waals surface area (Å²) >= 11 is 0. The molecule has 3 aromatic carbocycles. The second kappa shape index (κ2) is 11.0. The molecule has 1 fully saturated rings. The van der Waals surface area contributed by atoms with E-state index in [9.17, 15) is 22.8 Å². The van der Waals surface area contributed by atoms with Gasteiger partial charge in [-0.1, -0.05) is 55.2 Å². The highest BCUT2D eigenvalue weighted by Gasteiger charge is 2.54. The molecule has 2 N–H and O–H groups in total. The van der Waals surface area contributed by atoms with Crippen LogP contribution in [0.25, 0.3) is 10.8 Å². The predicted molar refractivity (Wildman–Crippen MR) is 147 cm³/mol. The molecule has 0 radical (unpaired) electrons. The molecule has 2 amide bonds. The molecule has 0 spiro atoms. The third-order valence-electron chi connectivity index (χ3n) is 7.40. The van der Waals surface area contributed by atoms with Gasteiger partial charge in [-0.05, 0) is 41.0 Å². The third kappa shape index (κ3) is 5.05. The Morgan fingerprint density at radius 2 is 1.80 bits per heavy atom. The van der Waals surface area contributed by atoms with Crippen LogP contribution in [0.2, 0.25) is 0 Å². The van der Waals surface area contributed by atoms with E-state index in [0.29, 0.717) is 38.3 Å². The minimum absolute atomic E-state index is 0.0643. The van der Waals surface area contributed by atoms with E-state index in [4.69, 9.17) is 10.5 Å². The monoisotopic (exact) mass is 549 g/mol. The van der Waals surface area contributed by atoms with Crippen LogP contribution < -0.4 is 10.6 Å². The molecular weight excluding hydrogens is 519 g/mol. The lowest BCUT2D eigenvalue weighted by Gasteiger charge is -2.27. The van der Waals surface area contributed by atoms with Gasteiger partial charge in [0.15, 0.2) is 0 Å². The summed E-state index contributed by atoms with van der Waals surface area (Å²) in [6, 6.07) is 14.9. The van der Waals surface area contributed by atoms with E-state index >= 15 is 0 Å². The summed E-state index contributed by atoms with van der Waals surface area (Å²) in [7, 11) is 0. The molecule has 0 saturated carbocycles. The largest absolute Gasteiger partial charge is 0.416 e. The number of carbonyl (C=O) groups is 2. The van der Waals surface area contributed by atoms with E-state index in [-0.39, 0.29) is 42.1 Å². The second-order valence-electron chi connectivity index (χ2n) is 10.0. The highest BCUT2D eigenvalue weighted by atomic mass is 19.4. The zero-order valence-corrected chi connectivity index (χ0v) is 22.2. The number of hydrogen-bond acceptors (Lipinski definition) is 4. The number of halogens is 3. The smallest absolute Gasteiger partial charge is 0.378 e. The fourth-order valence-electron chi connectivity index (χ4n) is 5.43. The molecule has 1 unspecified atom stereocenters. The van der Waals surface area contributed by atoms with Gasteiger partial charge in [0.2, 0.25) is 5.91 Å². The predicted octanol–water partition coefficient (Wildman–Crippen LogP) is 4.81. The Morgan fingerprint density at radius 3 is 2.50 bits per heavy atom. The fourth-order valence-corrected chi connectivity index (χ4v) is 5.43. The lowest BCUT2D eigenvalue weighted by molar-refractivity contribution is -0.139. The lowest BCUT2D eigenvalue weighted by Crippen LogP contribution is -2.49. The number of benzene rings is 3. The van der Waals surface area contributed by atoms with Crippen molar-refractivity contribution in [3.8, 4) is 11.8 Å². The van der Waals surface area contributed by atoms with Gasteiger partial charge in [0.05, 0.1) is 24.5 Å². The zero-order valence-electron chi connectivity index (χ0n) is 22.2. The summed E-state index contributed by atoms with van der Waals surface area (Å²) in [4.78, 5) is 29.3. The first-order valence-corrected chi connectivity index (χ1v) is 13.3. The molecule has 0 bridgehead atoms. The van der Waals surface area contributed by atoms with Crippen LogP contribution in [-0.2, 0) is 26.0 Å². The van der Waals surface area contributed by atoms with Crippen LogP contribution in [-0.4, -0.2) is 49.6 Å². The first-order valence-electron chi connectivity index (χ1n) is 13.3. The first-order chi connectivity index (χ1) is 19.1. The number of fused-ring (bicyclic) bond motifs is 2. The van der Waals surface area contributed by atoms with Crippen molar-refractivity contribution < 1.29 is 27.5 Å². The second-order valence-corrected chi connectivity index (χ2v) is 10.0. The van der Waals surface area contributed by atoms with Crippen molar-refractivity contribution in [3.05, 3.63) is 76.9 Å². The number of anilines is 1. The number of nitrogens with zero attached hydrogens (tertiary/aromatic N) is 2. The fraction of sp³-hybridized carbons (Fsp3) is 0.355. The molecule has 0 aromatic heterocycles. The van der Waals surface area contributed by atoms with Gasteiger partial charge in [-0.3, -0.25) is 9.59 Å². The van der Waals surface area contributed by atoms with E-state index in [1.54, 1.807) is 23.1 Å². The standard InChI is InChI=1S/C31H30F3N3O3/c1-2-13-37-26-19-21(7-3-6-10-27(38)36-14-16-40-17-15-36)18-25(31(32,33)34)28(26)30(35,29(37)39)24-12-11-22-8-4-5-9-23(22)20-24/h4-5,8-9,11-12,18-20H,2,6,10,13-17,35H2,1H3. The number of carbonyl (C=O) groups excluding carboxylic acids is 2. The van der Waals surface area contributed by atoms with Crippen LogP contribution in [0.3, 0.4) is 0 Å². The van der Waals surface area contributed by atoms with E-state index in [1.165, 1.54) is 11.0 Å². The normalized spacial score (nSPS) is 19.0. The van der Waals surface area contributed by atoms with Crippen molar-refractivity contribution in [1.82, 2.24) is 4.90 Å². The number of amides is 2. The molecule has 1 saturated heterocycles. The molecule has 0 aliphatic carbocycles. The molecule has 40 heavy (non-hydrogen) atoms. The molecule has 2 heterocycles. The molecule has 2 aliphatic rings. The minimum Gasteiger partial charge on any atom is -0.378 e. The third-order valence-corrected chi connectivity index (χ3v) is 7.40. The van der Waals surface area contributed by atoms with Crippen molar-refractivity contribution >= 4 is 28.3 Å². The SMILES string of the molecule is CCCN1C(=O)C(N)(c2ccc3ccccc3c2)c2c1cc(C#CCCC(=O)N1CCOCC1)cc2C(F)(F)F. The minimum atomic E-state index is -4.78. The van der Waals surface area contributed by atoms with E-state index in [2.05, 4.69) is 11.8 Å². The summed E-state index contributed by atoms with van der Waals surface area (Å²) in [6.45, 7) is 4.07. The summed E-state index contributed by atoms with van der Waals surface area (Å²) in [5.41, 5.74) is 4.00. The number of alkyl halides is 3. The van der Waals surface area contributed by atoms with Crippen LogP contribution in [0.1, 0.15) is 48.4 Å². The maximum atomic E-state index is 14.6. The summed E-state index contributed by atoms with van der Waals surface area (Å²) in [5, 5.41) is 1.66. The maximum Gasteiger partial charge on any atom is 0.416 e. The summed E-state index contributed by atoms with van der Waals surface area (Å²) < 4.78 is 49.0. The molecule has 6 nitrogen and oxygen atoms in total. The number of rotatable bonds is 5. The van der Waals surface area contributed by atoms with Crippen molar-refractivity contribution in [2.75, 3.05) is 37.7 Å². The molecule has 1 atom stereocenters. The van der Waals surface area contributed by atoms with Gasteiger partial charge >= 0.3 is 6.18 Å². The van der Waals surface area contributed by atoms with Crippen molar-refractivity contribution in [1.29, 1.82) is 0 Å². The Kier molecular flexibility index (Phi) is 7.58. The molecule has 208 valence electrons. The Balaban J connectivity index is 1.55. The lowest BCUT2D eigenvalue weighted by atomic mass is 9.81. The van der Waals surface area contributed by atoms with E-state index in [0.717, 1.165) is 16.8 Å². The van der Waals surface area contributed by atoms with Gasteiger partial charge in [-0.25, -0.2) is 0 Å². The van der Waals surface area contributed by atoms with Crippen LogP contribution in [0.5, 0.6) is 0 Å². The van der Waals surface area contributed by atoms with Gasteiger partial charge in [-0.15, -0.1) is 0 Å². The average molecular weight is 550 g/mol. The van der Waals surface area contributed by atoms with Crippen LogP contribution in [0.4, 0.5) is 18.9 Å². The number of morpholine rings is 1. The Hall–Kier alpha value is -3.87. The van der Waals surface area contributed by atoms with Crippen molar-refractivity contribution in [3.63, 3.8) is 0 Å². The van der Waals surface area contributed by atoms with Crippen LogP contribution in [0, 0.1) is 11.8 Å². The highest BCUT2D eigenvalue weighted by molar-refractivity contribution is 6.11. The maximum absolute atomic E-state index is 14.6. The average Bonchev–Trinajstić information content (AvgIpc) is 3.17. The zero-order chi connectivity index (χ0) is 28.5.